The van der Waals surface area contributed by atoms with Crippen LogP contribution in [0.4, 0.5) is 11.6 Å². The maximum absolute atomic E-state index is 4.84. The number of hydrogen-bond acceptors (Lipinski definition) is 6. The molecule has 4 heterocycles. The van der Waals surface area contributed by atoms with Gasteiger partial charge in [-0.2, -0.15) is 0 Å². The number of hydrogen-bond donors (Lipinski definition) is 1. The molecule has 0 unspecified atom stereocenters. The molecule has 1 N–H and O–H groups in total. The van der Waals surface area contributed by atoms with E-state index < -0.39 is 0 Å². The monoisotopic (exact) mass is 410 g/mol. The van der Waals surface area contributed by atoms with Crippen LogP contribution in [0.3, 0.4) is 0 Å². The van der Waals surface area contributed by atoms with E-state index in [0.717, 1.165) is 55.1 Å². The SMILES string of the molecule is Cc1cc(Nc2ncccn2)cc(C2CCN(Cc3ccc4ncccc4c3)CC2)n1. The van der Waals surface area contributed by atoms with Crippen molar-refractivity contribution in [2.75, 3.05) is 18.4 Å². The average Bonchev–Trinajstić information content (AvgIpc) is 2.80. The number of aryl methyl sites for hydroxylation is 1. The molecule has 1 aromatic carbocycles. The Balaban J connectivity index is 1.23. The van der Waals surface area contributed by atoms with Gasteiger partial charge in [0.25, 0.3) is 0 Å². The summed E-state index contributed by atoms with van der Waals surface area (Å²) in [6.07, 6.45) is 7.57. The van der Waals surface area contributed by atoms with Crippen LogP contribution in [-0.2, 0) is 6.54 Å². The number of likely N-dealkylation sites (tertiary alicyclic amines) is 1. The fourth-order valence-corrected chi connectivity index (χ4v) is 4.34. The van der Waals surface area contributed by atoms with Gasteiger partial charge in [-0.3, -0.25) is 14.9 Å². The highest BCUT2D eigenvalue weighted by atomic mass is 15.1. The minimum absolute atomic E-state index is 0.481. The lowest BCUT2D eigenvalue weighted by molar-refractivity contribution is 0.203. The molecule has 3 aromatic heterocycles. The second kappa shape index (κ2) is 8.78. The summed E-state index contributed by atoms with van der Waals surface area (Å²) >= 11 is 0. The number of piperidine rings is 1. The van der Waals surface area contributed by atoms with Gasteiger partial charge < -0.3 is 5.32 Å². The minimum Gasteiger partial charge on any atom is -0.324 e. The lowest BCUT2D eigenvalue weighted by Crippen LogP contribution is -2.32. The molecule has 0 amide bonds. The third kappa shape index (κ3) is 4.70. The van der Waals surface area contributed by atoms with Crippen LogP contribution >= 0.6 is 0 Å². The predicted octanol–water partition coefficient (Wildman–Crippen LogP) is 4.85. The Hall–Kier alpha value is -3.38. The van der Waals surface area contributed by atoms with Crippen molar-refractivity contribution in [2.45, 2.75) is 32.2 Å². The summed E-state index contributed by atoms with van der Waals surface area (Å²) in [6, 6.07) is 16.7. The van der Waals surface area contributed by atoms with Crippen LogP contribution in [0.25, 0.3) is 10.9 Å². The summed E-state index contributed by atoms with van der Waals surface area (Å²) in [5.41, 5.74) is 5.58. The summed E-state index contributed by atoms with van der Waals surface area (Å²) in [4.78, 5) is 20.3. The molecular formula is C25H26N6. The van der Waals surface area contributed by atoms with Gasteiger partial charge in [0.05, 0.1) is 5.52 Å². The highest BCUT2D eigenvalue weighted by Gasteiger charge is 2.22. The molecule has 156 valence electrons. The first-order valence-corrected chi connectivity index (χ1v) is 10.8. The number of nitrogens with zero attached hydrogens (tertiary/aromatic N) is 5. The topological polar surface area (TPSA) is 66.8 Å². The third-order valence-electron chi connectivity index (χ3n) is 5.87. The van der Waals surface area contributed by atoms with Gasteiger partial charge in [0.2, 0.25) is 5.95 Å². The van der Waals surface area contributed by atoms with Crippen molar-refractivity contribution in [2.24, 2.45) is 0 Å². The number of pyridine rings is 2. The van der Waals surface area contributed by atoms with E-state index in [4.69, 9.17) is 4.98 Å². The Labute approximate surface area is 182 Å². The Morgan fingerprint density at radius 1 is 0.935 bits per heavy atom. The lowest BCUT2D eigenvalue weighted by Gasteiger charge is -2.32. The molecule has 0 radical (unpaired) electrons. The van der Waals surface area contributed by atoms with Crippen LogP contribution in [-0.4, -0.2) is 37.9 Å². The van der Waals surface area contributed by atoms with Crippen LogP contribution in [0.2, 0.25) is 0 Å². The van der Waals surface area contributed by atoms with E-state index in [0.29, 0.717) is 11.9 Å². The van der Waals surface area contributed by atoms with Crippen LogP contribution in [0, 0.1) is 6.92 Å². The van der Waals surface area contributed by atoms with Crippen LogP contribution in [0.15, 0.2) is 67.1 Å². The molecule has 0 saturated carbocycles. The van der Waals surface area contributed by atoms with Crippen molar-refractivity contribution in [1.82, 2.24) is 24.8 Å². The average molecular weight is 411 g/mol. The Bertz CT molecular complexity index is 1170. The normalized spacial score (nSPS) is 15.3. The van der Waals surface area contributed by atoms with E-state index in [-0.39, 0.29) is 0 Å². The molecule has 0 atom stereocenters. The fraction of sp³-hybridized carbons (Fsp3) is 0.280. The maximum atomic E-state index is 4.84. The van der Waals surface area contributed by atoms with Crippen molar-refractivity contribution >= 4 is 22.5 Å². The predicted molar refractivity (Wildman–Crippen MR) is 123 cm³/mol. The summed E-state index contributed by atoms with van der Waals surface area (Å²) in [7, 11) is 0. The highest BCUT2D eigenvalue weighted by molar-refractivity contribution is 5.78. The summed E-state index contributed by atoms with van der Waals surface area (Å²) in [6.45, 7) is 5.19. The molecule has 1 aliphatic rings. The van der Waals surface area contributed by atoms with Gasteiger partial charge in [-0.25, -0.2) is 9.97 Å². The van der Waals surface area contributed by atoms with E-state index in [1.165, 1.54) is 10.9 Å². The quantitative estimate of drug-likeness (QED) is 0.507. The standard InChI is InChI=1S/C25H26N6/c1-18-14-22(30-25-27-10-3-11-28-25)16-24(29-18)20-7-12-31(13-8-20)17-19-5-6-23-21(15-19)4-2-9-26-23/h2-6,9-11,14-16,20H,7-8,12-13,17H2,1H3,(H,27,28,29,30). The molecular weight excluding hydrogens is 384 g/mol. The first-order chi connectivity index (χ1) is 15.2. The fourth-order valence-electron chi connectivity index (χ4n) is 4.34. The van der Waals surface area contributed by atoms with Gasteiger partial charge in [-0.15, -0.1) is 0 Å². The van der Waals surface area contributed by atoms with E-state index in [9.17, 15) is 0 Å². The van der Waals surface area contributed by atoms with E-state index in [1.807, 2.05) is 31.3 Å². The van der Waals surface area contributed by atoms with E-state index in [1.54, 1.807) is 12.4 Å². The van der Waals surface area contributed by atoms with Crippen molar-refractivity contribution in [3.05, 3.63) is 84.1 Å². The number of fused-ring (bicyclic) bond motifs is 1. The van der Waals surface area contributed by atoms with Gasteiger partial charge in [0.15, 0.2) is 0 Å². The lowest BCUT2D eigenvalue weighted by atomic mass is 9.92. The number of nitrogens with one attached hydrogen (secondary N) is 1. The zero-order valence-corrected chi connectivity index (χ0v) is 17.7. The van der Waals surface area contributed by atoms with E-state index in [2.05, 4.69) is 55.5 Å². The summed E-state index contributed by atoms with van der Waals surface area (Å²) in [5, 5.41) is 4.51. The molecule has 6 nitrogen and oxygen atoms in total. The number of anilines is 2. The van der Waals surface area contributed by atoms with Gasteiger partial charge in [-0.05, 0) is 74.8 Å². The molecule has 4 aromatic rings. The van der Waals surface area contributed by atoms with Crippen LogP contribution in [0.1, 0.15) is 35.7 Å². The number of benzene rings is 1. The van der Waals surface area contributed by atoms with Gasteiger partial charge in [0, 0.05) is 53.5 Å². The first kappa shape index (κ1) is 19.6. The molecule has 31 heavy (non-hydrogen) atoms. The van der Waals surface area contributed by atoms with Crippen LogP contribution in [0.5, 0.6) is 0 Å². The molecule has 0 spiro atoms. The largest absolute Gasteiger partial charge is 0.324 e. The molecule has 1 saturated heterocycles. The molecule has 0 bridgehead atoms. The van der Waals surface area contributed by atoms with Crippen molar-refractivity contribution in [3.8, 4) is 0 Å². The molecule has 6 heteroatoms. The smallest absolute Gasteiger partial charge is 0.227 e. The van der Waals surface area contributed by atoms with Gasteiger partial charge in [0.1, 0.15) is 0 Å². The zero-order valence-electron chi connectivity index (χ0n) is 17.7. The van der Waals surface area contributed by atoms with Crippen LogP contribution < -0.4 is 5.32 Å². The molecule has 1 aliphatic heterocycles. The maximum Gasteiger partial charge on any atom is 0.227 e. The molecule has 0 aliphatic carbocycles. The van der Waals surface area contributed by atoms with E-state index >= 15 is 0 Å². The Morgan fingerprint density at radius 2 is 1.74 bits per heavy atom. The Morgan fingerprint density at radius 3 is 2.58 bits per heavy atom. The zero-order chi connectivity index (χ0) is 21.0. The molecule has 1 fully saturated rings. The second-order valence-electron chi connectivity index (χ2n) is 8.20. The summed E-state index contributed by atoms with van der Waals surface area (Å²) < 4.78 is 0. The van der Waals surface area contributed by atoms with Crippen molar-refractivity contribution < 1.29 is 0 Å². The minimum atomic E-state index is 0.481. The second-order valence-corrected chi connectivity index (χ2v) is 8.20. The van der Waals surface area contributed by atoms with Crippen molar-refractivity contribution in [3.63, 3.8) is 0 Å². The third-order valence-corrected chi connectivity index (χ3v) is 5.87. The summed E-state index contributed by atoms with van der Waals surface area (Å²) in [5.74, 6) is 1.09. The Kier molecular flexibility index (Phi) is 5.54. The van der Waals surface area contributed by atoms with Gasteiger partial charge >= 0.3 is 0 Å². The van der Waals surface area contributed by atoms with Gasteiger partial charge in [-0.1, -0.05) is 12.1 Å². The highest BCUT2D eigenvalue weighted by Crippen LogP contribution is 2.30. The number of aromatic nitrogens is 4. The van der Waals surface area contributed by atoms with Crippen molar-refractivity contribution in [1.29, 1.82) is 0 Å². The molecule has 5 rings (SSSR count). The first-order valence-electron chi connectivity index (χ1n) is 10.8. The number of rotatable bonds is 5.